The Hall–Kier alpha value is -0.410. The van der Waals surface area contributed by atoms with Crippen molar-refractivity contribution in [2.45, 2.75) is 84.3 Å². The molecule has 2 N–H and O–H groups in total. The molecule has 4 aliphatic carbocycles. The third-order valence-corrected chi connectivity index (χ3v) is 9.14. The van der Waals surface area contributed by atoms with Crippen molar-refractivity contribution in [3.63, 3.8) is 0 Å². The van der Waals surface area contributed by atoms with Crippen molar-refractivity contribution in [1.29, 1.82) is 0 Å². The predicted molar refractivity (Wildman–Crippen MR) is 93.3 cm³/mol. The molecule has 0 amide bonds. The molecule has 4 rings (SSSR count). The van der Waals surface area contributed by atoms with Gasteiger partial charge in [-0.05, 0) is 79.4 Å². The fourth-order valence-corrected chi connectivity index (χ4v) is 7.86. The highest BCUT2D eigenvalue weighted by molar-refractivity contribution is 5.84. The van der Waals surface area contributed by atoms with Gasteiger partial charge in [0.05, 0.1) is 12.2 Å². The topological polar surface area (TPSA) is 57.5 Å². The molecule has 0 unspecified atom stereocenters. The molecule has 4 fully saturated rings. The van der Waals surface area contributed by atoms with E-state index in [2.05, 4.69) is 20.8 Å². The summed E-state index contributed by atoms with van der Waals surface area (Å²) in [6.45, 7) is 6.94. The molecule has 0 aliphatic heterocycles. The standard InChI is InChI=1S/C21H34O3/c1-4-14-17(22)10-16-13-6-5-12-9-18(23)19(24)11-21(12,3)15(13)7-8-20(14,16)2/h12-16,18-19,23-24H,4-11H2,1-3H3/t12-,13+,14-,15-,16-,18+,19-,20+,21-/m0/s1. The van der Waals surface area contributed by atoms with Crippen molar-refractivity contribution in [2.75, 3.05) is 0 Å². The number of hydrogen-bond acceptors (Lipinski definition) is 3. The summed E-state index contributed by atoms with van der Waals surface area (Å²) in [5.74, 6) is 3.15. The van der Waals surface area contributed by atoms with Gasteiger partial charge in [0.25, 0.3) is 0 Å². The largest absolute Gasteiger partial charge is 0.390 e. The van der Waals surface area contributed by atoms with Crippen molar-refractivity contribution in [3.8, 4) is 0 Å². The Morgan fingerprint density at radius 2 is 1.79 bits per heavy atom. The second kappa shape index (κ2) is 5.54. The zero-order valence-corrected chi connectivity index (χ0v) is 15.5. The molecule has 4 aliphatic rings. The van der Waals surface area contributed by atoms with Crippen LogP contribution in [0.4, 0.5) is 0 Å². The van der Waals surface area contributed by atoms with Crippen molar-refractivity contribution in [3.05, 3.63) is 0 Å². The molecule has 0 radical (unpaired) electrons. The number of hydrogen-bond donors (Lipinski definition) is 2. The smallest absolute Gasteiger partial charge is 0.136 e. The van der Waals surface area contributed by atoms with Gasteiger partial charge >= 0.3 is 0 Å². The van der Waals surface area contributed by atoms with Gasteiger partial charge in [-0.25, -0.2) is 0 Å². The molecular formula is C21H34O3. The van der Waals surface area contributed by atoms with Crippen LogP contribution in [-0.4, -0.2) is 28.2 Å². The van der Waals surface area contributed by atoms with E-state index >= 15 is 0 Å². The summed E-state index contributed by atoms with van der Waals surface area (Å²) >= 11 is 0. The Kier molecular flexibility index (Phi) is 3.93. The van der Waals surface area contributed by atoms with Crippen LogP contribution in [0.1, 0.15) is 72.1 Å². The first-order chi connectivity index (χ1) is 11.3. The lowest BCUT2D eigenvalue weighted by atomic mass is 9.44. The van der Waals surface area contributed by atoms with Gasteiger partial charge in [0.15, 0.2) is 0 Å². The van der Waals surface area contributed by atoms with E-state index in [-0.39, 0.29) is 16.7 Å². The summed E-state index contributed by atoms with van der Waals surface area (Å²) in [7, 11) is 0. The monoisotopic (exact) mass is 334 g/mol. The molecule has 3 heteroatoms. The van der Waals surface area contributed by atoms with Gasteiger partial charge in [-0.2, -0.15) is 0 Å². The van der Waals surface area contributed by atoms with E-state index in [9.17, 15) is 15.0 Å². The summed E-state index contributed by atoms with van der Waals surface area (Å²) in [5, 5.41) is 20.5. The summed E-state index contributed by atoms with van der Waals surface area (Å²) in [4.78, 5) is 12.6. The average molecular weight is 335 g/mol. The molecule has 0 aromatic heterocycles. The molecule has 3 nitrogen and oxygen atoms in total. The predicted octanol–water partition coefficient (Wildman–Crippen LogP) is 3.57. The lowest BCUT2D eigenvalue weighted by molar-refractivity contribution is -0.159. The van der Waals surface area contributed by atoms with E-state index in [4.69, 9.17) is 0 Å². The summed E-state index contributed by atoms with van der Waals surface area (Å²) in [5.41, 5.74) is 0.360. The van der Waals surface area contributed by atoms with Crippen LogP contribution in [0, 0.1) is 40.4 Å². The lowest BCUT2D eigenvalue weighted by Gasteiger charge is -2.61. The summed E-state index contributed by atoms with van der Waals surface area (Å²) in [6.07, 6.45) is 6.96. The Morgan fingerprint density at radius 1 is 1.04 bits per heavy atom. The summed E-state index contributed by atoms with van der Waals surface area (Å²) in [6, 6.07) is 0. The SMILES string of the molecule is CC[C@H]1C(=O)C[C@H]2[C@@H]3CC[C@H]4C[C@@H](O)[C@@H](O)C[C@]4(C)[C@H]3CC[C@]12C. The van der Waals surface area contributed by atoms with Crippen LogP contribution in [-0.2, 0) is 4.79 Å². The van der Waals surface area contributed by atoms with Crippen LogP contribution < -0.4 is 0 Å². The van der Waals surface area contributed by atoms with E-state index in [0.717, 1.165) is 25.7 Å². The highest BCUT2D eigenvalue weighted by Crippen LogP contribution is 2.67. The number of aliphatic hydroxyl groups excluding tert-OH is 2. The molecule has 0 saturated heterocycles. The van der Waals surface area contributed by atoms with E-state index in [1.54, 1.807) is 0 Å². The Balaban J connectivity index is 1.64. The first kappa shape index (κ1) is 17.0. The van der Waals surface area contributed by atoms with Crippen LogP contribution in [0.3, 0.4) is 0 Å². The molecular weight excluding hydrogens is 300 g/mol. The Morgan fingerprint density at radius 3 is 2.50 bits per heavy atom. The molecule has 4 saturated carbocycles. The molecule has 136 valence electrons. The average Bonchev–Trinajstić information content (AvgIpc) is 2.78. The number of rotatable bonds is 1. The fourth-order valence-electron chi connectivity index (χ4n) is 7.86. The van der Waals surface area contributed by atoms with Crippen LogP contribution >= 0.6 is 0 Å². The van der Waals surface area contributed by atoms with Gasteiger partial charge in [-0.1, -0.05) is 20.8 Å². The van der Waals surface area contributed by atoms with E-state index in [1.807, 2.05) is 0 Å². The minimum atomic E-state index is -0.563. The molecule has 0 aromatic rings. The van der Waals surface area contributed by atoms with Gasteiger partial charge in [0, 0.05) is 12.3 Å². The molecule has 0 spiro atoms. The number of Topliss-reactive ketones (excluding diaryl/α,β-unsaturated/α-hetero) is 1. The van der Waals surface area contributed by atoms with Crippen molar-refractivity contribution in [2.24, 2.45) is 40.4 Å². The quantitative estimate of drug-likeness (QED) is 0.771. The van der Waals surface area contributed by atoms with Gasteiger partial charge in [0.1, 0.15) is 5.78 Å². The molecule has 0 heterocycles. The van der Waals surface area contributed by atoms with Crippen LogP contribution in [0.25, 0.3) is 0 Å². The third kappa shape index (κ3) is 2.13. The van der Waals surface area contributed by atoms with Gasteiger partial charge < -0.3 is 10.2 Å². The molecule has 0 bridgehead atoms. The second-order valence-corrected chi connectivity index (χ2v) is 9.91. The van der Waals surface area contributed by atoms with Gasteiger partial charge in [0.2, 0.25) is 0 Å². The number of carbonyl (C=O) groups excluding carboxylic acids is 1. The Labute approximate surface area is 146 Å². The minimum absolute atomic E-state index is 0.149. The van der Waals surface area contributed by atoms with E-state index < -0.39 is 12.2 Å². The zero-order valence-electron chi connectivity index (χ0n) is 15.5. The van der Waals surface area contributed by atoms with E-state index in [0.29, 0.717) is 29.5 Å². The van der Waals surface area contributed by atoms with Crippen LogP contribution in [0.15, 0.2) is 0 Å². The highest BCUT2D eigenvalue weighted by Gasteiger charge is 2.62. The first-order valence-electron chi connectivity index (χ1n) is 10.2. The number of aliphatic hydroxyl groups is 2. The normalized spacial score (nSPS) is 57.2. The van der Waals surface area contributed by atoms with Crippen molar-refractivity contribution in [1.82, 2.24) is 0 Å². The second-order valence-electron chi connectivity index (χ2n) is 9.91. The maximum absolute atomic E-state index is 12.6. The number of ketones is 1. The maximum atomic E-state index is 12.6. The van der Waals surface area contributed by atoms with Crippen LogP contribution in [0.2, 0.25) is 0 Å². The van der Waals surface area contributed by atoms with Crippen molar-refractivity contribution < 1.29 is 15.0 Å². The molecule has 24 heavy (non-hydrogen) atoms. The minimum Gasteiger partial charge on any atom is -0.390 e. The fraction of sp³-hybridized carbons (Fsp3) is 0.952. The van der Waals surface area contributed by atoms with Crippen LogP contribution in [0.5, 0.6) is 0 Å². The number of carbonyl (C=O) groups is 1. The summed E-state index contributed by atoms with van der Waals surface area (Å²) < 4.78 is 0. The third-order valence-electron chi connectivity index (χ3n) is 9.14. The van der Waals surface area contributed by atoms with E-state index in [1.165, 1.54) is 25.7 Å². The van der Waals surface area contributed by atoms with Gasteiger partial charge in [-0.3, -0.25) is 4.79 Å². The number of fused-ring (bicyclic) bond motifs is 5. The Bertz CT molecular complexity index is 531. The molecule has 9 atom stereocenters. The first-order valence-corrected chi connectivity index (χ1v) is 10.2. The maximum Gasteiger partial charge on any atom is 0.136 e. The van der Waals surface area contributed by atoms with Crippen molar-refractivity contribution >= 4 is 5.78 Å². The highest BCUT2D eigenvalue weighted by atomic mass is 16.3. The lowest BCUT2D eigenvalue weighted by Crippen LogP contribution is -2.56. The van der Waals surface area contributed by atoms with Gasteiger partial charge in [-0.15, -0.1) is 0 Å². The zero-order chi connectivity index (χ0) is 17.3. The molecule has 0 aromatic carbocycles.